The first kappa shape index (κ1) is 19.4. The Morgan fingerprint density at radius 3 is 2.24 bits per heavy atom. The Kier molecular flexibility index (Phi) is 6.16. The van der Waals surface area contributed by atoms with Crippen LogP contribution in [-0.4, -0.2) is 31.7 Å². The fourth-order valence-corrected chi connectivity index (χ4v) is 3.89. The summed E-state index contributed by atoms with van der Waals surface area (Å²) in [5, 5.41) is 2.65. The predicted octanol–water partition coefficient (Wildman–Crippen LogP) is 3.76. The third kappa shape index (κ3) is 4.36. The molecule has 0 spiro atoms. The molecule has 2 aromatic carbocycles. The molecule has 134 valence electrons. The van der Waals surface area contributed by atoms with Gasteiger partial charge in [-0.15, -0.1) is 0 Å². The zero-order chi connectivity index (χ0) is 18.6. The Balaban J connectivity index is 2.20. The highest BCUT2D eigenvalue weighted by Gasteiger charge is 2.21. The maximum absolute atomic E-state index is 13.7. The molecule has 2 rings (SSSR count). The van der Waals surface area contributed by atoms with E-state index in [9.17, 15) is 17.6 Å². The topological polar surface area (TPSA) is 66.5 Å². The summed E-state index contributed by atoms with van der Waals surface area (Å²) in [4.78, 5) is 12.3. The molecule has 1 N–H and O–H groups in total. The van der Waals surface area contributed by atoms with E-state index in [1.54, 1.807) is 13.8 Å². The molecule has 0 aliphatic rings. The second-order valence-corrected chi connectivity index (χ2v) is 7.57. The average molecular weight is 385 g/mol. The minimum absolute atomic E-state index is 0.00533. The average Bonchev–Trinajstić information content (AvgIpc) is 2.58. The zero-order valence-corrected chi connectivity index (χ0v) is 15.4. The van der Waals surface area contributed by atoms with E-state index in [2.05, 4.69) is 5.32 Å². The minimum Gasteiger partial charge on any atom is -0.319 e. The van der Waals surface area contributed by atoms with Crippen LogP contribution < -0.4 is 5.32 Å². The van der Waals surface area contributed by atoms with Gasteiger partial charge in [-0.3, -0.25) is 4.79 Å². The number of amides is 1. The Labute approximate surface area is 151 Å². The van der Waals surface area contributed by atoms with Gasteiger partial charge in [0.05, 0.1) is 10.6 Å². The van der Waals surface area contributed by atoms with E-state index in [1.807, 2.05) is 0 Å². The largest absolute Gasteiger partial charge is 0.319 e. The normalized spacial score (nSPS) is 11.6. The van der Waals surface area contributed by atoms with Crippen molar-refractivity contribution in [2.75, 3.05) is 18.4 Å². The number of nitrogens with zero attached hydrogens (tertiary/aromatic N) is 1. The van der Waals surface area contributed by atoms with Crippen LogP contribution in [0.15, 0.2) is 47.4 Å². The lowest BCUT2D eigenvalue weighted by Crippen LogP contribution is -2.30. The van der Waals surface area contributed by atoms with Crippen molar-refractivity contribution in [1.29, 1.82) is 0 Å². The Bertz CT molecular complexity index is 866. The molecule has 8 heteroatoms. The van der Waals surface area contributed by atoms with Crippen LogP contribution in [0.5, 0.6) is 0 Å². The van der Waals surface area contributed by atoms with Crippen molar-refractivity contribution in [3.8, 4) is 0 Å². The fourth-order valence-electron chi connectivity index (χ4n) is 2.28. The van der Waals surface area contributed by atoms with E-state index in [0.717, 1.165) is 6.07 Å². The van der Waals surface area contributed by atoms with Crippen molar-refractivity contribution >= 4 is 33.2 Å². The smallest absolute Gasteiger partial charge is 0.255 e. The molecule has 0 aromatic heterocycles. The monoisotopic (exact) mass is 384 g/mol. The molecule has 0 bridgehead atoms. The first-order valence-electron chi connectivity index (χ1n) is 7.66. The molecule has 0 aliphatic heterocycles. The summed E-state index contributed by atoms with van der Waals surface area (Å²) in [6.45, 7) is 4.22. The lowest BCUT2D eigenvalue weighted by molar-refractivity contribution is 0.102. The van der Waals surface area contributed by atoms with Crippen LogP contribution in [0.1, 0.15) is 24.2 Å². The highest BCUT2D eigenvalue weighted by Crippen LogP contribution is 2.20. The van der Waals surface area contributed by atoms with E-state index in [1.165, 1.54) is 40.7 Å². The van der Waals surface area contributed by atoms with Gasteiger partial charge in [0.15, 0.2) is 0 Å². The molecular weight excluding hydrogens is 367 g/mol. The van der Waals surface area contributed by atoms with Gasteiger partial charge in [-0.25, -0.2) is 12.8 Å². The van der Waals surface area contributed by atoms with Crippen LogP contribution in [0.4, 0.5) is 10.1 Å². The molecule has 0 fully saturated rings. The highest BCUT2D eigenvalue weighted by molar-refractivity contribution is 7.89. The molecule has 0 atom stereocenters. The maximum atomic E-state index is 13.7. The molecule has 2 aromatic rings. The molecule has 25 heavy (non-hydrogen) atoms. The van der Waals surface area contributed by atoms with Gasteiger partial charge in [0.2, 0.25) is 10.0 Å². The number of halogens is 2. The van der Waals surface area contributed by atoms with Gasteiger partial charge in [0.1, 0.15) is 5.82 Å². The molecule has 5 nitrogen and oxygen atoms in total. The van der Waals surface area contributed by atoms with E-state index in [4.69, 9.17) is 11.6 Å². The number of rotatable bonds is 6. The van der Waals surface area contributed by atoms with E-state index in [-0.39, 0.29) is 21.2 Å². The van der Waals surface area contributed by atoms with Crippen LogP contribution in [0.2, 0.25) is 5.02 Å². The molecule has 0 unspecified atom stereocenters. The first-order chi connectivity index (χ1) is 11.8. The van der Waals surface area contributed by atoms with E-state index >= 15 is 0 Å². The van der Waals surface area contributed by atoms with Crippen molar-refractivity contribution in [3.05, 3.63) is 58.9 Å². The predicted molar refractivity (Wildman–Crippen MR) is 95.9 cm³/mol. The van der Waals surface area contributed by atoms with Crippen molar-refractivity contribution in [2.24, 2.45) is 0 Å². The summed E-state index contributed by atoms with van der Waals surface area (Å²) in [6, 6.07) is 9.41. The number of anilines is 1. The maximum Gasteiger partial charge on any atom is 0.255 e. The minimum atomic E-state index is -3.59. The van der Waals surface area contributed by atoms with Crippen LogP contribution in [0, 0.1) is 5.82 Å². The van der Waals surface area contributed by atoms with Crippen LogP contribution in [-0.2, 0) is 10.0 Å². The number of carbonyl (C=O) groups excluding carboxylic acids is 1. The summed E-state index contributed by atoms with van der Waals surface area (Å²) < 4.78 is 39.9. The van der Waals surface area contributed by atoms with Crippen LogP contribution >= 0.6 is 11.6 Å². The zero-order valence-electron chi connectivity index (χ0n) is 13.8. The molecular formula is C17H18ClFN2O3S. The quantitative estimate of drug-likeness (QED) is 0.824. The van der Waals surface area contributed by atoms with Gasteiger partial charge in [0, 0.05) is 23.7 Å². The molecule has 0 aliphatic carbocycles. The summed E-state index contributed by atoms with van der Waals surface area (Å²) in [5.41, 5.74) is 0.210. The summed E-state index contributed by atoms with van der Waals surface area (Å²) in [6.07, 6.45) is 0. The number of hydrogen-bond donors (Lipinski definition) is 1. The van der Waals surface area contributed by atoms with Crippen molar-refractivity contribution in [1.82, 2.24) is 4.31 Å². The number of hydrogen-bond acceptors (Lipinski definition) is 3. The van der Waals surface area contributed by atoms with Crippen molar-refractivity contribution in [3.63, 3.8) is 0 Å². The Morgan fingerprint density at radius 2 is 1.72 bits per heavy atom. The second-order valence-electron chi connectivity index (χ2n) is 5.19. The third-order valence-electron chi connectivity index (χ3n) is 3.64. The van der Waals surface area contributed by atoms with Gasteiger partial charge in [0.25, 0.3) is 5.91 Å². The van der Waals surface area contributed by atoms with Gasteiger partial charge in [-0.1, -0.05) is 25.4 Å². The second kappa shape index (κ2) is 7.95. The van der Waals surface area contributed by atoms with Crippen LogP contribution in [0.25, 0.3) is 0 Å². The third-order valence-corrected chi connectivity index (χ3v) is 5.94. The lowest BCUT2D eigenvalue weighted by Gasteiger charge is -2.18. The summed E-state index contributed by atoms with van der Waals surface area (Å²) in [7, 11) is -3.59. The van der Waals surface area contributed by atoms with Crippen LogP contribution in [0.3, 0.4) is 0 Å². The SMILES string of the molecule is CCN(CC)S(=O)(=O)c1ccc(C(=O)Nc2ccc(Cl)cc2F)cc1. The van der Waals surface area contributed by atoms with E-state index in [0.29, 0.717) is 13.1 Å². The standard InChI is InChI=1S/C17H18ClFN2O3S/c1-3-21(4-2)25(23,24)14-8-5-12(6-9-14)17(22)20-16-10-7-13(18)11-15(16)19/h5-11H,3-4H2,1-2H3,(H,20,22). The Hall–Kier alpha value is -1.96. The molecule has 0 heterocycles. The van der Waals surface area contributed by atoms with Gasteiger partial charge in [-0.05, 0) is 42.5 Å². The summed E-state index contributed by atoms with van der Waals surface area (Å²) >= 11 is 5.67. The van der Waals surface area contributed by atoms with E-state index < -0.39 is 21.7 Å². The van der Waals surface area contributed by atoms with Crippen molar-refractivity contribution < 1.29 is 17.6 Å². The lowest BCUT2D eigenvalue weighted by atomic mass is 10.2. The van der Waals surface area contributed by atoms with Gasteiger partial charge < -0.3 is 5.32 Å². The number of benzene rings is 2. The number of sulfonamides is 1. The highest BCUT2D eigenvalue weighted by atomic mass is 35.5. The molecule has 1 amide bonds. The molecule has 0 saturated carbocycles. The first-order valence-corrected chi connectivity index (χ1v) is 9.48. The van der Waals surface area contributed by atoms with Gasteiger partial charge in [-0.2, -0.15) is 4.31 Å². The van der Waals surface area contributed by atoms with Gasteiger partial charge >= 0.3 is 0 Å². The molecule has 0 saturated heterocycles. The Morgan fingerprint density at radius 1 is 1.12 bits per heavy atom. The fraction of sp³-hybridized carbons (Fsp3) is 0.235. The number of carbonyl (C=O) groups is 1. The molecule has 0 radical (unpaired) electrons. The number of nitrogens with one attached hydrogen (secondary N) is 1. The van der Waals surface area contributed by atoms with Crippen molar-refractivity contribution in [2.45, 2.75) is 18.7 Å². The summed E-state index contributed by atoms with van der Waals surface area (Å²) in [5.74, 6) is -1.20.